The van der Waals surface area contributed by atoms with Gasteiger partial charge in [-0.15, -0.1) is 0 Å². The number of hydrogen-bond acceptors (Lipinski definition) is 5. The molecule has 2 fully saturated rings. The van der Waals surface area contributed by atoms with Gasteiger partial charge < -0.3 is 19.9 Å². The number of carbonyl (C=O) groups is 3. The van der Waals surface area contributed by atoms with Crippen LogP contribution in [0.5, 0.6) is 0 Å². The summed E-state index contributed by atoms with van der Waals surface area (Å²) in [6.45, 7) is 15.5. The molecule has 2 atom stereocenters. The maximum atomic E-state index is 13.5. The van der Waals surface area contributed by atoms with Crippen LogP contribution in [0.4, 0.5) is 0 Å². The van der Waals surface area contributed by atoms with E-state index in [1.807, 2.05) is 9.80 Å². The molecule has 32 heavy (non-hydrogen) atoms. The van der Waals surface area contributed by atoms with Gasteiger partial charge in [0.1, 0.15) is 6.04 Å². The van der Waals surface area contributed by atoms with Crippen LogP contribution >= 0.6 is 0 Å². The highest BCUT2D eigenvalue weighted by Crippen LogP contribution is 2.24. The first-order valence-corrected chi connectivity index (χ1v) is 12.6. The molecule has 2 saturated heterocycles. The zero-order valence-corrected chi connectivity index (χ0v) is 21.1. The molecule has 0 aromatic heterocycles. The minimum atomic E-state index is -0.422. The van der Waals surface area contributed by atoms with Crippen molar-refractivity contribution in [2.45, 2.75) is 85.7 Å². The third-order valence-corrected chi connectivity index (χ3v) is 6.47. The summed E-state index contributed by atoms with van der Waals surface area (Å²) in [7, 11) is 0. The highest BCUT2D eigenvalue weighted by molar-refractivity contribution is 5.90. The highest BCUT2D eigenvalue weighted by Gasteiger charge is 2.39. The van der Waals surface area contributed by atoms with Crippen LogP contribution in [0.15, 0.2) is 0 Å². The van der Waals surface area contributed by atoms with Crippen molar-refractivity contribution in [1.29, 1.82) is 0 Å². The van der Waals surface area contributed by atoms with Crippen LogP contribution in [-0.2, 0) is 19.1 Å². The monoisotopic (exact) mass is 451 g/mol. The van der Waals surface area contributed by atoms with Gasteiger partial charge in [-0.1, -0.05) is 41.5 Å². The summed E-state index contributed by atoms with van der Waals surface area (Å²) >= 11 is 0. The van der Waals surface area contributed by atoms with E-state index in [2.05, 4.69) is 46.9 Å². The first-order valence-electron chi connectivity index (χ1n) is 12.6. The van der Waals surface area contributed by atoms with Crippen molar-refractivity contribution >= 4 is 17.8 Å². The fourth-order valence-corrected chi connectivity index (χ4v) is 4.59. The lowest BCUT2D eigenvalue weighted by Crippen LogP contribution is -2.62. The Labute approximate surface area is 194 Å². The second kappa shape index (κ2) is 12.6. The molecule has 0 aromatic rings. The van der Waals surface area contributed by atoms with E-state index < -0.39 is 6.04 Å². The van der Waals surface area contributed by atoms with Crippen molar-refractivity contribution < 1.29 is 19.1 Å². The van der Waals surface area contributed by atoms with Gasteiger partial charge in [-0.3, -0.25) is 14.4 Å². The van der Waals surface area contributed by atoms with Crippen LogP contribution in [0.25, 0.3) is 0 Å². The molecule has 2 rings (SSSR count). The number of hydrogen-bond donors (Lipinski definition) is 1. The first-order chi connectivity index (χ1) is 15.1. The number of carbonyl (C=O) groups excluding carboxylic acids is 3. The van der Waals surface area contributed by atoms with Crippen LogP contribution in [-0.4, -0.2) is 72.5 Å². The summed E-state index contributed by atoms with van der Waals surface area (Å²) in [6.07, 6.45) is 3.58. The molecule has 1 N–H and O–H groups in total. The van der Waals surface area contributed by atoms with Crippen LogP contribution in [0.3, 0.4) is 0 Å². The molecule has 0 saturated carbocycles. The molecule has 2 amide bonds. The molecule has 184 valence electrons. The second-order valence-electron chi connectivity index (χ2n) is 10.8. The molecule has 0 radical (unpaired) electrons. The largest absolute Gasteiger partial charge is 0.465 e. The number of piperazine rings is 1. The van der Waals surface area contributed by atoms with Crippen molar-refractivity contribution in [2.24, 2.45) is 23.7 Å². The molecule has 7 nitrogen and oxygen atoms in total. The van der Waals surface area contributed by atoms with Crippen molar-refractivity contribution in [2.75, 3.05) is 32.8 Å². The van der Waals surface area contributed by atoms with Gasteiger partial charge in [0, 0.05) is 26.2 Å². The summed E-state index contributed by atoms with van der Waals surface area (Å²) < 4.78 is 5.44. The average molecular weight is 452 g/mol. The van der Waals surface area contributed by atoms with Gasteiger partial charge in [-0.2, -0.15) is 0 Å². The van der Waals surface area contributed by atoms with E-state index >= 15 is 0 Å². The number of nitrogens with zero attached hydrogens (tertiary/aromatic N) is 2. The Bertz CT molecular complexity index is 627. The van der Waals surface area contributed by atoms with Crippen molar-refractivity contribution in [1.82, 2.24) is 15.1 Å². The van der Waals surface area contributed by atoms with Gasteiger partial charge in [0.25, 0.3) is 0 Å². The minimum absolute atomic E-state index is 0.0314. The van der Waals surface area contributed by atoms with Gasteiger partial charge in [0.05, 0.1) is 18.6 Å². The molecule has 2 aliphatic rings. The van der Waals surface area contributed by atoms with Crippen LogP contribution in [0.2, 0.25) is 0 Å². The average Bonchev–Trinajstić information content (AvgIpc) is 2.72. The number of amides is 2. The molecule has 2 heterocycles. The summed E-state index contributed by atoms with van der Waals surface area (Å²) in [4.78, 5) is 42.8. The van der Waals surface area contributed by atoms with Crippen molar-refractivity contribution in [3.8, 4) is 0 Å². The van der Waals surface area contributed by atoms with Crippen LogP contribution < -0.4 is 5.32 Å². The van der Waals surface area contributed by atoms with E-state index in [9.17, 15) is 14.4 Å². The number of nitrogens with one attached hydrogen (secondary N) is 1. The fourth-order valence-electron chi connectivity index (χ4n) is 4.59. The normalized spacial score (nSPS) is 21.5. The SMILES string of the molecule is CC(C)CCOC(=O)C1CCN(C(=O)C(CC(C)C)N2CCNC(CC(C)C)C2=O)CC1. The Balaban J connectivity index is 1.98. The lowest BCUT2D eigenvalue weighted by atomic mass is 9.93. The molecule has 0 aromatic carbocycles. The van der Waals surface area contributed by atoms with Gasteiger partial charge in [-0.25, -0.2) is 0 Å². The fraction of sp³-hybridized carbons (Fsp3) is 0.880. The van der Waals surface area contributed by atoms with E-state index in [0.29, 0.717) is 63.3 Å². The number of rotatable bonds is 10. The molecular formula is C25H45N3O4. The highest BCUT2D eigenvalue weighted by atomic mass is 16.5. The van der Waals surface area contributed by atoms with E-state index in [1.54, 1.807) is 0 Å². The summed E-state index contributed by atoms with van der Waals surface area (Å²) in [5.41, 5.74) is 0. The summed E-state index contributed by atoms with van der Waals surface area (Å²) in [6, 6.07) is -0.633. The van der Waals surface area contributed by atoms with Gasteiger partial charge in [-0.05, 0) is 49.9 Å². The zero-order chi connectivity index (χ0) is 23.8. The lowest BCUT2D eigenvalue weighted by molar-refractivity contribution is -0.154. The molecule has 7 heteroatoms. The molecule has 0 bridgehead atoms. The standard InChI is InChI=1S/C25H45N3O4/c1-17(2)9-14-32-25(31)20-7-11-27(12-8-20)24(30)22(16-19(5)6)28-13-10-26-21(23(28)29)15-18(3)4/h17-22,26H,7-16H2,1-6H3. The Hall–Kier alpha value is -1.63. The topological polar surface area (TPSA) is 79.0 Å². The molecule has 0 aliphatic carbocycles. The Morgan fingerprint density at radius 1 is 1.00 bits per heavy atom. The predicted octanol–water partition coefficient (Wildman–Crippen LogP) is 3.08. The maximum absolute atomic E-state index is 13.5. The van der Waals surface area contributed by atoms with E-state index in [-0.39, 0.29) is 29.7 Å². The van der Waals surface area contributed by atoms with E-state index in [0.717, 1.165) is 19.4 Å². The first kappa shape index (κ1) is 26.6. The Morgan fingerprint density at radius 3 is 2.22 bits per heavy atom. The zero-order valence-electron chi connectivity index (χ0n) is 21.1. The molecule has 2 unspecified atom stereocenters. The van der Waals surface area contributed by atoms with Crippen LogP contribution in [0, 0.1) is 23.7 Å². The number of esters is 1. The predicted molar refractivity (Wildman–Crippen MR) is 126 cm³/mol. The minimum Gasteiger partial charge on any atom is -0.465 e. The smallest absolute Gasteiger partial charge is 0.309 e. The van der Waals surface area contributed by atoms with Crippen molar-refractivity contribution in [3.05, 3.63) is 0 Å². The molecular weight excluding hydrogens is 406 g/mol. The third-order valence-electron chi connectivity index (χ3n) is 6.47. The Morgan fingerprint density at radius 2 is 1.66 bits per heavy atom. The van der Waals surface area contributed by atoms with Crippen molar-refractivity contribution in [3.63, 3.8) is 0 Å². The van der Waals surface area contributed by atoms with E-state index in [4.69, 9.17) is 4.74 Å². The number of likely N-dealkylation sites (tertiary alicyclic amines) is 1. The van der Waals surface area contributed by atoms with Gasteiger partial charge >= 0.3 is 5.97 Å². The summed E-state index contributed by atoms with van der Waals surface area (Å²) in [5, 5.41) is 3.33. The second-order valence-corrected chi connectivity index (χ2v) is 10.8. The van der Waals surface area contributed by atoms with E-state index in [1.165, 1.54) is 0 Å². The van der Waals surface area contributed by atoms with Crippen LogP contribution in [0.1, 0.15) is 73.6 Å². The number of piperidine rings is 1. The maximum Gasteiger partial charge on any atom is 0.309 e. The number of ether oxygens (including phenoxy) is 1. The Kier molecular flexibility index (Phi) is 10.5. The summed E-state index contributed by atoms with van der Waals surface area (Å²) in [5.74, 6) is 1.04. The van der Waals surface area contributed by atoms with Gasteiger partial charge in [0.2, 0.25) is 11.8 Å². The lowest BCUT2D eigenvalue weighted by Gasteiger charge is -2.42. The molecule has 0 spiro atoms. The quantitative estimate of drug-likeness (QED) is 0.517. The third kappa shape index (κ3) is 7.75. The molecule has 2 aliphatic heterocycles. The van der Waals surface area contributed by atoms with Gasteiger partial charge in [0.15, 0.2) is 0 Å².